The Morgan fingerprint density at radius 2 is 1.42 bits per heavy atom. The Morgan fingerprint density at radius 3 is 2.23 bits per heavy atom. The summed E-state index contributed by atoms with van der Waals surface area (Å²) in [6.45, 7) is 13.4. The van der Waals surface area contributed by atoms with Crippen molar-refractivity contribution in [3.63, 3.8) is 0 Å². The van der Waals surface area contributed by atoms with Crippen molar-refractivity contribution in [1.82, 2.24) is 34.9 Å². The fourth-order valence-corrected chi connectivity index (χ4v) is 6.94. The van der Waals surface area contributed by atoms with Crippen LogP contribution >= 0.6 is 22.7 Å². The second kappa shape index (κ2) is 13.0. The third-order valence-corrected chi connectivity index (χ3v) is 10.1. The molecule has 7 rings (SSSR count). The lowest BCUT2D eigenvalue weighted by Crippen LogP contribution is -2.31. The number of hydrogen-bond acceptors (Lipinski definition) is 11. The minimum atomic E-state index is 0.0939. The van der Waals surface area contributed by atoms with Crippen molar-refractivity contribution in [2.45, 2.75) is 54.0 Å². The number of thiazole rings is 2. The highest BCUT2D eigenvalue weighted by Crippen LogP contribution is 2.36. The van der Waals surface area contributed by atoms with Gasteiger partial charge in [0.2, 0.25) is 0 Å². The molecule has 0 unspecified atom stereocenters. The first kappa shape index (κ1) is 31.7. The van der Waals surface area contributed by atoms with Crippen molar-refractivity contribution in [1.29, 1.82) is 0 Å². The highest BCUT2D eigenvalue weighted by Gasteiger charge is 2.21. The Morgan fingerprint density at radius 1 is 0.708 bits per heavy atom. The molecule has 0 aliphatic heterocycles. The molecular weight excluding hydrogens is 635 g/mol. The lowest BCUT2D eigenvalue weighted by Gasteiger charge is -2.28. The van der Waals surface area contributed by atoms with Crippen molar-refractivity contribution < 1.29 is 0 Å². The van der Waals surface area contributed by atoms with Crippen LogP contribution in [-0.2, 0) is 6.42 Å². The molecule has 2 N–H and O–H groups in total. The molecule has 0 spiro atoms. The van der Waals surface area contributed by atoms with E-state index in [1.165, 1.54) is 0 Å². The van der Waals surface area contributed by atoms with Gasteiger partial charge in [-0.2, -0.15) is 0 Å². The van der Waals surface area contributed by atoms with E-state index < -0.39 is 0 Å². The number of fused-ring (bicyclic) bond motifs is 2. The van der Waals surface area contributed by atoms with Crippen molar-refractivity contribution in [2.24, 2.45) is 5.41 Å². The summed E-state index contributed by atoms with van der Waals surface area (Å²) in [4.78, 5) is 32.7. The number of hydrogen-bond donors (Lipinski definition) is 2. The second-order valence-electron chi connectivity index (χ2n) is 13.1. The number of rotatable bonds is 9. The van der Waals surface area contributed by atoms with Crippen LogP contribution in [0.15, 0.2) is 71.8 Å². The van der Waals surface area contributed by atoms with Crippen LogP contribution in [0.25, 0.3) is 54.1 Å². The zero-order valence-corrected chi connectivity index (χ0v) is 29.5. The molecule has 0 saturated heterocycles. The quantitative estimate of drug-likeness (QED) is 0.155. The Labute approximate surface area is 288 Å². The highest BCUT2D eigenvalue weighted by molar-refractivity contribution is 7.17. The normalized spacial score (nSPS) is 12.5. The largest absolute Gasteiger partial charge is 0.370 e. The molecule has 5 heterocycles. The summed E-state index contributed by atoms with van der Waals surface area (Å²) in [5.74, 6) is 3.07. The summed E-state index contributed by atoms with van der Waals surface area (Å²) in [5.41, 5.74) is 12.8. The third kappa shape index (κ3) is 6.88. The fourth-order valence-electron chi connectivity index (χ4n) is 5.48. The van der Waals surface area contributed by atoms with Gasteiger partial charge in [0.15, 0.2) is 0 Å². The lowest BCUT2D eigenvalue weighted by atomic mass is 9.88. The van der Waals surface area contributed by atoms with Gasteiger partial charge in [-0.3, -0.25) is 4.98 Å². The predicted molar refractivity (Wildman–Crippen MR) is 199 cm³/mol. The standard InChI is InChI=1S/C37H37N9S2/c1-21(37(4,5)6)42-35-18-31(44-23(3)46-35)26-14-28(36-33(16-26)48-20-41-36)24-9-11-38-27(13-24)10-12-39-34-17-30(43-22(2)45-34)25-7-8-29-32(15-25)47-19-40-29/h7-9,11,13-21H,10,12H2,1-6H3,(H,39,43,45)(H,42,44,46)/t21-/m0/s1. The van der Waals surface area contributed by atoms with E-state index in [9.17, 15) is 0 Å². The van der Waals surface area contributed by atoms with Gasteiger partial charge in [0.1, 0.15) is 23.3 Å². The number of anilines is 2. The Balaban J connectivity index is 1.12. The van der Waals surface area contributed by atoms with Gasteiger partial charge >= 0.3 is 0 Å². The molecule has 242 valence electrons. The molecule has 2 aromatic carbocycles. The molecule has 48 heavy (non-hydrogen) atoms. The molecule has 0 aliphatic carbocycles. The van der Waals surface area contributed by atoms with Crippen LogP contribution in [0.4, 0.5) is 11.6 Å². The number of nitrogens with zero attached hydrogens (tertiary/aromatic N) is 7. The fraction of sp³-hybridized carbons (Fsp3) is 0.270. The zero-order chi connectivity index (χ0) is 33.4. The molecular formula is C37H37N9S2. The van der Waals surface area contributed by atoms with Gasteiger partial charge in [0.05, 0.1) is 42.8 Å². The molecule has 1 atom stereocenters. The van der Waals surface area contributed by atoms with Gasteiger partial charge in [-0.1, -0.05) is 26.8 Å². The number of nitrogens with one attached hydrogen (secondary N) is 2. The molecule has 5 aromatic heterocycles. The van der Waals surface area contributed by atoms with E-state index in [0.29, 0.717) is 6.54 Å². The van der Waals surface area contributed by atoms with Crippen LogP contribution in [0.3, 0.4) is 0 Å². The first-order valence-corrected chi connectivity index (χ1v) is 17.7. The molecule has 7 aromatic rings. The number of pyridine rings is 1. The van der Waals surface area contributed by atoms with E-state index >= 15 is 0 Å². The maximum absolute atomic E-state index is 4.83. The summed E-state index contributed by atoms with van der Waals surface area (Å²) in [6, 6.07) is 19.1. The molecule has 0 bridgehead atoms. The van der Waals surface area contributed by atoms with Gasteiger partial charge in [-0.05, 0) is 68.1 Å². The van der Waals surface area contributed by atoms with Crippen LogP contribution in [0.5, 0.6) is 0 Å². The Hall–Kier alpha value is -4.87. The first-order chi connectivity index (χ1) is 23.1. The van der Waals surface area contributed by atoms with Crippen molar-refractivity contribution in [3.8, 4) is 33.6 Å². The summed E-state index contributed by atoms with van der Waals surface area (Å²) in [5, 5.41) is 7.08. The van der Waals surface area contributed by atoms with E-state index in [0.717, 1.165) is 89.5 Å². The highest BCUT2D eigenvalue weighted by atomic mass is 32.1. The van der Waals surface area contributed by atoms with E-state index in [2.05, 4.69) is 89.7 Å². The van der Waals surface area contributed by atoms with Gasteiger partial charge < -0.3 is 10.6 Å². The van der Waals surface area contributed by atoms with Crippen LogP contribution in [0.1, 0.15) is 45.0 Å². The topological polar surface area (TPSA) is 114 Å². The molecule has 9 nitrogen and oxygen atoms in total. The lowest BCUT2D eigenvalue weighted by molar-refractivity contribution is 0.358. The van der Waals surface area contributed by atoms with Crippen LogP contribution in [-0.4, -0.2) is 47.5 Å². The van der Waals surface area contributed by atoms with Crippen LogP contribution in [0.2, 0.25) is 0 Å². The summed E-state index contributed by atoms with van der Waals surface area (Å²) in [7, 11) is 0. The molecule has 0 amide bonds. The second-order valence-corrected chi connectivity index (χ2v) is 14.8. The average Bonchev–Trinajstić information content (AvgIpc) is 3.73. The monoisotopic (exact) mass is 671 g/mol. The van der Waals surface area contributed by atoms with Gasteiger partial charge in [0.25, 0.3) is 0 Å². The third-order valence-electron chi connectivity index (χ3n) is 8.51. The van der Waals surface area contributed by atoms with Crippen molar-refractivity contribution >= 4 is 54.7 Å². The zero-order valence-electron chi connectivity index (χ0n) is 27.9. The smallest absolute Gasteiger partial charge is 0.130 e. The van der Waals surface area contributed by atoms with Gasteiger partial charge in [0, 0.05) is 59.7 Å². The number of aromatic nitrogens is 7. The maximum Gasteiger partial charge on any atom is 0.130 e. The summed E-state index contributed by atoms with van der Waals surface area (Å²) < 4.78 is 2.25. The van der Waals surface area contributed by atoms with E-state index in [1.54, 1.807) is 22.7 Å². The van der Waals surface area contributed by atoms with Crippen LogP contribution < -0.4 is 10.6 Å². The average molecular weight is 672 g/mol. The number of benzene rings is 2. The minimum absolute atomic E-state index is 0.0939. The molecule has 0 aliphatic rings. The first-order valence-electron chi connectivity index (χ1n) is 16.0. The Bertz CT molecular complexity index is 2250. The van der Waals surface area contributed by atoms with Gasteiger partial charge in [-0.25, -0.2) is 29.9 Å². The van der Waals surface area contributed by atoms with Crippen LogP contribution in [0, 0.1) is 19.3 Å². The van der Waals surface area contributed by atoms with E-state index in [-0.39, 0.29) is 11.5 Å². The van der Waals surface area contributed by atoms with Crippen molar-refractivity contribution in [2.75, 3.05) is 17.2 Å². The maximum atomic E-state index is 4.83. The van der Waals surface area contributed by atoms with E-state index in [1.807, 2.05) is 49.3 Å². The van der Waals surface area contributed by atoms with Gasteiger partial charge in [-0.15, -0.1) is 22.7 Å². The molecule has 0 saturated carbocycles. The van der Waals surface area contributed by atoms with E-state index in [4.69, 9.17) is 19.9 Å². The summed E-state index contributed by atoms with van der Waals surface area (Å²) in [6.07, 6.45) is 2.61. The number of aryl methyl sites for hydroxylation is 2. The molecule has 0 fully saturated rings. The minimum Gasteiger partial charge on any atom is -0.370 e. The SMILES string of the molecule is Cc1nc(NCCc2cc(-c3cc(-c4cc(N[C@@H](C)C(C)(C)C)nc(C)n4)cc4scnc34)ccn2)cc(-c2ccc3ncsc3c2)n1. The summed E-state index contributed by atoms with van der Waals surface area (Å²) >= 11 is 3.27. The predicted octanol–water partition coefficient (Wildman–Crippen LogP) is 9.00. The van der Waals surface area contributed by atoms with Crippen molar-refractivity contribution in [3.05, 3.63) is 89.2 Å². The molecule has 0 radical (unpaired) electrons. The molecule has 11 heteroatoms. The Kier molecular flexibility index (Phi) is 8.57.